The van der Waals surface area contributed by atoms with Crippen LogP contribution in [0.5, 0.6) is 0 Å². The van der Waals surface area contributed by atoms with Crippen molar-refractivity contribution in [3.05, 3.63) is 65.7 Å². The summed E-state index contributed by atoms with van der Waals surface area (Å²) < 4.78 is 0. The van der Waals surface area contributed by atoms with Crippen molar-refractivity contribution in [3.63, 3.8) is 0 Å². The second-order valence-corrected chi connectivity index (χ2v) is 9.60. The first kappa shape index (κ1) is 20.8. The SMILES string of the molecule is O=C(NC1CCN(Cc2ccc[nH]2)CC1)c1cc2c(Nc3ccc4cn[nH]c4c3)ncnc2s1. The topological polar surface area (TPSA) is 115 Å². The fourth-order valence-electron chi connectivity index (χ4n) is 4.42. The van der Waals surface area contributed by atoms with E-state index in [-0.39, 0.29) is 11.9 Å². The summed E-state index contributed by atoms with van der Waals surface area (Å²) in [4.78, 5) is 28.9. The van der Waals surface area contributed by atoms with Crippen LogP contribution in [0.25, 0.3) is 21.1 Å². The number of aromatic amines is 2. The second kappa shape index (κ2) is 8.88. The number of fused-ring (bicyclic) bond motifs is 2. The molecule has 10 heteroatoms. The van der Waals surface area contributed by atoms with Gasteiger partial charge in [0.15, 0.2) is 0 Å². The van der Waals surface area contributed by atoms with Gasteiger partial charge < -0.3 is 15.6 Å². The standard InChI is InChI=1S/C24H24N8OS/c33-23(30-16-5-8-32(9-6-16)13-18-2-1-7-25-18)21-11-19-22(26-14-27-24(19)34-21)29-17-4-3-15-12-28-31-20(15)10-17/h1-4,7,10-12,14,16,25H,5-6,8-9,13H2,(H,28,31)(H,30,33)(H,26,27,29). The summed E-state index contributed by atoms with van der Waals surface area (Å²) in [5.74, 6) is 0.632. The van der Waals surface area contributed by atoms with Gasteiger partial charge in [-0.2, -0.15) is 5.10 Å². The van der Waals surface area contributed by atoms with Crippen molar-refractivity contribution in [2.45, 2.75) is 25.4 Å². The Morgan fingerprint density at radius 3 is 2.94 bits per heavy atom. The lowest BCUT2D eigenvalue weighted by atomic mass is 10.0. The van der Waals surface area contributed by atoms with Crippen molar-refractivity contribution < 1.29 is 4.79 Å². The third-order valence-corrected chi connectivity index (χ3v) is 7.28. The summed E-state index contributed by atoms with van der Waals surface area (Å²) in [7, 11) is 0. The molecule has 1 amide bonds. The van der Waals surface area contributed by atoms with Crippen LogP contribution in [-0.4, -0.2) is 55.1 Å². The van der Waals surface area contributed by atoms with Crippen LogP contribution in [0, 0.1) is 0 Å². The lowest BCUT2D eigenvalue weighted by Gasteiger charge is -2.31. The molecule has 0 unspecified atom stereocenters. The van der Waals surface area contributed by atoms with Gasteiger partial charge in [-0.3, -0.25) is 14.8 Å². The maximum atomic E-state index is 13.0. The van der Waals surface area contributed by atoms with E-state index in [0.29, 0.717) is 10.7 Å². The van der Waals surface area contributed by atoms with E-state index in [1.54, 1.807) is 6.20 Å². The van der Waals surface area contributed by atoms with E-state index in [1.165, 1.54) is 23.4 Å². The number of thiophene rings is 1. The number of amides is 1. The fraction of sp³-hybridized carbons (Fsp3) is 0.250. The number of benzene rings is 1. The van der Waals surface area contributed by atoms with Gasteiger partial charge in [0.1, 0.15) is 17.0 Å². The summed E-state index contributed by atoms with van der Waals surface area (Å²) >= 11 is 1.39. The van der Waals surface area contributed by atoms with E-state index in [9.17, 15) is 4.79 Å². The minimum absolute atomic E-state index is 0.0457. The number of piperidine rings is 1. The van der Waals surface area contributed by atoms with Gasteiger partial charge in [0.2, 0.25) is 0 Å². The third kappa shape index (κ3) is 4.25. The van der Waals surface area contributed by atoms with Crippen molar-refractivity contribution in [1.29, 1.82) is 0 Å². The molecule has 9 nitrogen and oxygen atoms in total. The average molecular weight is 473 g/mol. The van der Waals surface area contributed by atoms with E-state index >= 15 is 0 Å². The number of nitrogens with one attached hydrogen (secondary N) is 4. The van der Waals surface area contributed by atoms with Gasteiger partial charge in [-0.05, 0) is 49.2 Å². The highest BCUT2D eigenvalue weighted by Crippen LogP contribution is 2.30. The number of nitrogens with zero attached hydrogens (tertiary/aromatic N) is 4. The van der Waals surface area contributed by atoms with Crippen molar-refractivity contribution in [1.82, 2.24) is 35.4 Å². The molecule has 5 aromatic rings. The summed E-state index contributed by atoms with van der Waals surface area (Å²) in [6.45, 7) is 2.86. The molecular weight excluding hydrogens is 448 g/mol. The normalized spacial score (nSPS) is 15.2. The van der Waals surface area contributed by atoms with Crippen molar-refractivity contribution >= 4 is 49.9 Å². The van der Waals surface area contributed by atoms with Crippen LogP contribution < -0.4 is 10.6 Å². The smallest absolute Gasteiger partial charge is 0.261 e. The molecule has 34 heavy (non-hydrogen) atoms. The number of anilines is 2. The quantitative estimate of drug-likeness (QED) is 0.297. The molecule has 0 radical (unpaired) electrons. The molecule has 4 N–H and O–H groups in total. The molecule has 1 aliphatic rings. The Bertz CT molecular complexity index is 1430. The molecule has 6 rings (SSSR count). The van der Waals surface area contributed by atoms with Gasteiger partial charge >= 0.3 is 0 Å². The predicted octanol–water partition coefficient (Wildman–Crippen LogP) is 4.03. The first-order valence-electron chi connectivity index (χ1n) is 11.3. The minimum atomic E-state index is -0.0457. The van der Waals surface area contributed by atoms with Crippen LogP contribution in [0.3, 0.4) is 0 Å². The maximum Gasteiger partial charge on any atom is 0.261 e. The lowest BCUT2D eigenvalue weighted by Crippen LogP contribution is -2.44. The Balaban J connectivity index is 1.13. The molecular formula is C24H24N8OS. The Kier molecular flexibility index (Phi) is 5.44. The van der Waals surface area contributed by atoms with Crippen LogP contribution in [0.4, 0.5) is 11.5 Å². The number of hydrogen-bond acceptors (Lipinski definition) is 7. The predicted molar refractivity (Wildman–Crippen MR) is 133 cm³/mol. The molecule has 0 bridgehead atoms. The molecule has 0 spiro atoms. The summed E-state index contributed by atoms with van der Waals surface area (Å²) in [6.07, 6.45) is 7.16. The third-order valence-electron chi connectivity index (χ3n) is 6.24. The van der Waals surface area contributed by atoms with E-state index < -0.39 is 0 Å². The minimum Gasteiger partial charge on any atom is -0.364 e. The molecule has 1 aromatic carbocycles. The number of rotatable bonds is 6. The fourth-order valence-corrected chi connectivity index (χ4v) is 5.32. The number of aromatic nitrogens is 5. The zero-order valence-corrected chi connectivity index (χ0v) is 19.2. The Morgan fingerprint density at radius 2 is 2.09 bits per heavy atom. The van der Waals surface area contributed by atoms with Crippen molar-refractivity contribution in [2.75, 3.05) is 18.4 Å². The average Bonchev–Trinajstić information content (AvgIpc) is 3.61. The van der Waals surface area contributed by atoms with Gasteiger partial charge in [0.05, 0.1) is 22.0 Å². The van der Waals surface area contributed by atoms with Crippen LogP contribution in [0.15, 0.2) is 55.1 Å². The van der Waals surface area contributed by atoms with Crippen molar-refractivity contribution in [3.8, 4) is 0 Å². The van der Waals surface area contributed by atoms with Crippen LogP contribution in [0.2, 0.25) is 0 Å². The summed E-state index contributed by atoms with van der Waals surface area (Å²) in [5.41, 5.74) is 3.06. The number of carbonyl (C=O) groups excluding carboxylic acids is 1. The second-order valence-electron chi connectivity index (χ2n) is 8.57. The first-order chi connectivity index (χ1) is 16.7. The number of likely N-dealkylation sites (tertiary alicyclic amines) is 1. The van der Waals surface area contributed by atoms with E-state index in [1.807, 2.05) is 36.5 Å². The van der Waals surface area contributed by atoms with Gasteiger partial charge in [-0.15, -0.1) is 11.3 Å². The van der Waals surface area contributed by atoms with Gasteiger partial charge in [-0.25, -0.2) is 9.97 Å². The Morgan fingerprint density at radius 1 is 1.18 bits per heavy atom. The summed E-state index contributed by atoms with van der Waals surface area (Å²) in [5, 5.41) is 15.5. The monoisotopic (exact) mass is 472 g/mol. The molecule has 0 atom stereocenters. The zero-order valence-electron chi connectivity index (χ0n) is 18.4. The van der Waals surface area contributed by atoms with Gasteiger partial charge in [-0.1, -0.05) is 0 Å². The number of hydrogen-bond donors (Lipinski definition) is 4. The molecule has 5 heterocycles. The van der Waals surface area contributed by atoms with E-state index in [4.69, 9.17) is 0 Å². The molecule has 1 saturated heterocycles. The zero-order chi connectivity index (χ0) is 22.9. The Labute approximate surface area is 199 Å². The molecule has 4 aromatic heterocycles. The van der Waals surface area contributed by atoms with E-state index in [2.05, 4.69) is 46.7 Å². The highest BCUT2D eigenvalue weighted by molar-refractivity contribution is 7.20. The molecule has 0 saturated carbocycles. The largest absolute Gasteiger partial charge is 0.364 e. The van der Waals surface area contributed by atoms with Crippen LogP contribution in [0.1, 0.15) is 28.2 Å². The number of carbonyl (C=O) groups is 1. The van der Waals surface area contributed by atoms with Crippen LogP contribution in [-0.2, 0) is 6.54 Å². The molecule has 1 fully saturated rings. The highest BCUT2D eigenvalue weighted by atomic mass is 32.1. The van der Waals surface area contributed by atoms with Gasteiger partial charge in [0, 0.05) is 48.6 Å². The number of H-pyrrole nitrogens is 2. The van der Waals surface area contributed by atoms with Gasteiger partial charge in [0.25, 0.3) is 5.91 Å². The summed E-state index contributed by atoms with van der Waals surface area (Å²) in [6, 6.07) is 12.2. The van der Waals surface area contributed by atoms with Crippen molar-refractivity contribution in [2.24, 2.45) is 0 Å². The highest BCUT2D eigenvalue weighted by Gasteiger charge is 2.23. The Hall–Kier alpha value is -3.76. The first-order valence-corrected chi connectivity index (χ1v) is 12.1. The van der Waals surface area contributed by atoms with Crippen LogP contribution >= 0.6 is 11.3 Å². The maximum absolute atomic E-state index is 13.0. The lowest BCUT2D eigenvalue weighted by molar-refractivity contribution is 0.0912. The van der Waals surface area contributed by atoms with E-state index in [0.717, 1.165) is 59.3 Å². The molecule has 172 valence electrons. The molecule has 0 aliphatic carbocycles. The molecule has 1 aliphatic heterocycles.